The quantitative estimate of drug-likeness (QED) is 0.593. The Balaban J connectivity index is 2.58. The molecule has 0 saturated carbocycles. The number of rotatable bonds is 5. The molecule has 1 amide bonds. The Hall–Kier alpha value is -1.74. The molecule has 1 aromatic rings. The smallest absolute Gasteiger partial charge is 0.271 e. The van der Waals surface area contributed by atoms with Crippen molar-refractivity contribution in [1.82, 2.24) is 15.3 Å². The molecule has 9 heteroatoms. The lowest BCUT2D eigenvalue weighted by molar-refractivity contribution is 0.0951. The summed E-state index contributed by atoms with van der Waals surface area (Å²) in [6, 6.07) is 0. The first-order chi connectivity index (χ1) is 7.92. The summed E-state index contributed by atoms with van der Waals surface area (Å²) in [5.74, 6) is -0.375. The molecule has 94 valence electrons. The Morgan fingerprint density at radius 1 is 1.47 bits per heavy atom. The van der Waals surface area contributed by atoms with Gasteiger partial charge in [-0.25, -0.2) is 18.5 Å². The van der Waals surface area contributed by atoms with Gasteiger partial charge in [0.05, 0.1) is 18.1 Å². The zero-order valence-electron chi connectivity index (χ0n) is 9.17. The number of amides is 1. The predicted octanol–water partition coefficient (Wildman–Crippen LogP) is -1.46. The van der Waals surface area contributed by atoms with Gasteiger partial charge in [-0.1, -0.05) is 0 Å². The molecular formula is C8H13N5O3S. The molecule has 0 aliphatic heterocycles. The molecule has 0 aliphatic carbocycles. The van der Waals surface area contributed by atoms with Gasteiger partial charge in [0, 0.05) is 13.6 Å². The van der Waals surface area contributed by atoms with Gasteiger partial charge in [-0.2, -0.15) is 0 Å². The van der Waals surface area contributed by atoms with Crippen molar-refractivity contribution in [2.45, 2.75) is 0 Å². The fourth-order valence-electron chi connectivity index (χ4n) is 0.993. The number of primary sulfonamides is 1. The Morgan fingerprint density at radius 2 is 2.18 bits per heavy atom. The minimum absolute atomic E-state index is 0.0663. The molecular weight excluding hydrogens is 246 g/mol. The Bertz CT molecular complexity index is 502. The fraction of sp³-hybridized carbons (Fsp3) is 0.375. The third-order valence-electron chi connectivity index (χ3n) is 1.80. The fourth-order valence-corrected chi connectivity index (χ4v) is 1.38. The van der Waals surface area contributed by atoms with Crippen LogP contribution < -0.4 is 15.8 Å². The van der Waals surface area contributed by atoms with Crippen LogP contribution in [0, 0.1) is 0 Å². The van der Waals surface area contributed by atoms with Crippen molar-refractivity contribution in [2.75, 3.05) is 24.7 Å². The third kappa shape index (κ3) is 4.74. The van der Waals surface area contributed by atoms with E-state index in [1.807, 2.05) is 0 Å². The number of sulfonamides is 1. The first-order valence-corrected chi connectivity index (χ1v) is 6.42. The number of nitrogens with zero attached hydrogens (tertiary/aromatic N) is 2. The van der Waals surface area contributed by atoms with E-state index in [4.69, 9.17) is 5.14 Å². The largest absolute Gasteiger partial charge is 0.372 e. The summed E-state index contributed by atoms with van der Waals surface area (Å²) < 4.78 is 21.3. The summed E-state index contributed by atoms with van der Waals surface area (Å²) in [7, 11) is -1.93. The summed E-state index contributed by atoms with van der Waals surface area (Å²) in [5.41, 5.74) is 0.103. The molecule has 0 radical (unpaired) electrons. The predicted molar refractivity (Wildman–Crippen MR) is 61.9 cm³/mol. The first kappa shape index (κ1) is 13.3. The number of carbonyl (C=O) groups is 1. The first-order valence-electron chi connectivity index (χ1n) is 4.71. The molecule has 1 heterocycles. The highest BCUT2D eigenvalue weighted by atomic mass is 32.2. The van der Waals surface area contributed by atoms with Crippen LogP contribution >= 0.6 is 0 Å². The van der Waals surface area contributed by atoms with Crippen LogP contribution in [-0.4, -0.2) is 43.6 Å². The van der Waals surface area contributed by atoms with Crippen molar-refractivity contribution in [1.29, 1.82) is 0 Å². The van der Waals surface area contributed by atoms with E-state index in [1.54, 1.807) is 7.05 Å². The van der Waals surface area contributed by atoms with Gasteiger partial charge in [-0.05, 0) is 0 Å². The van der Waals surface area contributed by atoms with E-state index in [2.05, 4.69) is 20.6 Å². The maximum absolute atomic E-state index is 11.5. The molecule has 8 nitrogen and oxygen atoms in total. The van der Waals surface area contributed by atoms with Crippen LogP contribution in [0.25, 0.3) is 0 Å². The summed E-state index contributed by atoms with van der Waals surface area (Å²) >= 11 is 0. The number of nitrogens with one attached hydrogen (secondary N) is 2. The van der Waals surface area contributed by atoms with E-state index >= 15 is 0 Å². The average molecular weight is 259 g/mol. The van der Waals surface area contributed by atoms with E-state index in [0.717, 1.165) is 0 Å². The van der Waals surface area contributed by atoms with Gasteiger partial charge in [0.1, 0.15) is 11.5 Å². The van der Waals surface area contributed by atoms with E-state index in [0.29, 0.717) is 5.82 Å². The van der Waals surface area contributed by atoms with Crippen molar-refractivity contribution in [3.8, 4) is 0 Å². The van der Waals surface area contributed by atoms with E-state index in [1.165, 1.54) is 12.4 Å². The highest BCUT2D eigenvalue weighted by Gasteiger charge is 2.09. The lowest BCUT2D eigenvalue weighted by atomic mass is 10.4. The molecule has 17 heavy (non-hydrogen) atoms. The molecule has 0 fully saturated rings. The molecule has 0 saturated heterocycles. The van der Waals surface area contributed by atoms with Gasteiger partial charge in [-0.15, -0.1) is 0 Å². The molecule has 0 unspecified atom stereocenters. The van der Waals surface area contributed by atoms with Crippen molar-refractivity contribution in [3.63, 3.8) is 0 Å². The number of aromatic nitrogens is 2. The van der Waals surface area contributed by atoms with E-state index in [-0.39, 0.29) is 18.0 Å². The van der Waals surface area contributed by atoms with Crippen LogP contribution in [0.5, 0.6) is 0 Å². The molecule has 0 bridgehead atoms. The topological polar surface area (TPSA) is 127 Å². The summed E-state index contributed by atoms with van der Waals surface area (Å²) in [5, 5.41) is 9.90. The number of hydrogen-bond acceptors (Lipinski definition) is 6. The van der Waals surface area contributed by atoms with Crippen molar-refractivity contribution >= 4 is 21.7 Å². The Morgan fingerprint density at radius 3 is 2.76 bits per heavy atom. The average Bonchev–Trinajstić information content (AvgIpc) is 2.27. The van der Waals surface area contributed by atoms with Gasteiger partial charge in [0.15, 0.2) is 0 Å². The van der Waals surface area contributed by atoms with Crippen LogP contribution in [0.4, 0.5) is 5.82 Å². The normalized spacial score (nSPS) is 10.9. The maximum atomic E-state index is 11.5. The van der Waals surface area contributed by atoms with E-state index < -0.39 is 15.9 Å². The number of anilines is 1. The van der Waals surface area contributed by atoms with Gasteiger partial charge >= 0.3 is 0 Å². The number of nitrogens with two attached hydrogens (primary N) is 1. The number of carbonyl (C=O) groups excluding carboxylic acids is 1. The van der Waals surface area contributed by atoms with Crippen molar-refractivity contribution < 1.29 is 13.2 Å². The molecule has 1 aromatic heterocycles. The van der Waals surface area contributed by atoms with Gasteiger partial charge < -0.3 is 10.6 Å². The van der Waals surface area contributed by atoms with Gasteiger partial charge in [0.25, 0.3) is 5.91 Å². The van der Waals surface area contributed by atoms with Crippen LogP contribution in [0.15, 0.2) is 12.4 Å². The van der Waals surface area contributed by atoms with Crippen LogP contribution in [0.1, 0.15) is 10.5 Å². The molecule has 0 aliphatic rings. The Kier molecular flexibility index (Phi) is 4.35. The lowest BCUT2D eigenvalue weighted by Crippen LogP contribution is -2.32. The molecule has 0 spiro atoms. The standard InChI is InChI=1S/C8H13N5O3S/c1-10-7-5-11-4-6(13-7)8(14)12-2-3-17(9,15)16/h4-5H,2-3H2,1H3,(H,10,13)(H,12,14)(H2,9,15,16). The highest BCUT2D eigenvalue weighted by molar-refractivity contribution is 7.89. The number of hydrogen-bond donors (Lipinski definition) is 3. The second-order valence-electron chi connectivity index (χ2n) is 3.16. The third-order valence-corrected chi connectivity index (χ3v) is 2.57. The SMILES string of the molecule is CNc1cncc(C(=O)NCCS(N)(=O)=O)n1. The van der Waals surface area contributed by atoms with Crippen LogP contribution in [0.2, 0.25) is 0 Å². The lowest BCUT2D eigenvalue weighted by Gasteiger charge is -2.04. The van der Waals surface area contributed by atoms with Crippen LogP contribution in [-0.2, 0) is 10.0 Å². The zero-order valence-corrected chi connectivity index (χ0v) is 9.99. The monoisotopic (exact) mass is 259 g/mol. The Labute approximate surface area is 98.7 Å². The molecule has 0 atom stereocenters. The summed E-state index contributed by atoms with van der Waals surface area (Å²) in [4.78, 5) is 19.3. The second kappa shape index (κ2) is 5.55. The van der Waals surface area contributed by atoms with E-state index in [9.17, 15) is 13.2 Å². The van der Waals surface area contributed by atoms with Crippen LogP contribution in [0.3, 0.4) is 0 Å². The molecule has 0 aromatic carbocycles. The van der Waals surface area contributed by atoms with Gasteiger partial charge in [-0.3, -0.25) is 9.78 Å². The highest BCUT2D eigenvalue weighted by Crippen LogP contribution is 2.00. The zero-order chi connectivity index (χ0) is 12.9. The minimum atomic E-state index is -3.58. The van der Waals surface area contributed by atoms with Crippen molar-refractivity contribution in [2.24, 2.45) is 5.14 Å². The van der Waals surface area contributed by atoms with Gasteiger partial charge in [0.2, 0.25) is 10.0 Å². The van der Waals surface area contributed by atoms with Crippen molar-refractivity contribution in [3.05, 3.63) is 18.1 Å². The maximum Gasteiger partial charge on any atom is 0.271 e. The molecule has 1 rings (SSSR count). The second-order valence-corrected chi connectivity index (χ2v) is 4.90. The summed E-state index contributed by atoms with van der Waals surface area (Å²) in [6.45, 7) is -0.0663. The summed E-state index contributed by atoms with van der Waals surface area (Å²) in [6.07, 6.45) is 2.74. The minimum Gasteiger partial charge on any atom is -0.372 e. The molecule has 4 N–H and O–H groups in total.